The Morgan fingerprint density at radius 3 is 2.41 bits per heavy atom. The summed E-state index contributed by atoms with van der Waals surface area (Å²) < 4.78 is 0. The number of nitrogens with zero attached hydrogens (tertiary/aromatic N) is 2. The van der Waals surface area contributed by atoms with Crippen LogP contribution in [0.2, 0.25) is 0 Å². The van der Waals surface area contributed by atoms with Crippen molar-refractivity contribution in [3.8, 4) is 11.4 Å². The van der Waals surface area contributed by atoms with E-state index in [1.54, 1.807) is 0 Å². The lowest BCUT2D eigenvalue weighted by Crippen LogP contribution is -2.02. The van der Waals surface area contributed by atoms with Crippen molar-refractivity contribution < 1.29 is 0 Å². The summed E-state index contributed by atoms with van der Waals surface area (Å²) in [5.41, 5.74) is 2.03. The first kappa shape index (κ1) is 11.6. The molecule has 0 fully saturated rings. The van der Waals surface area contributed by atoms with Crippen molar-refractivity contribution in [2.24, 2.45) is 0 Å². The fraction of sp³-hybridized carbons (Fsp3) is 0.286. The number of benzene rings is 1. The molecule has 3 nitrogen and oxygen atoms in total. The molecule has 1 heterocycles. The summed E-state index contributed by atoms with van der Waals surface area (Å²) in [6.45, 7) is 3.15. The summed E-state index contributed by atoms with van der Waals surface area (Å²) in [6, 6.07) is 10.0. The molecular formula is C14H17N3. The highest BCUT2D eigenvalue weighted by atomic mass is 14.9. The number of aromatic nitrogens is 2. The highest BCUT2D eigenvalue weighted by Crippen LogP contribution is 2.14. The Morgan fingerprint density at radius 1 is 1.06 bits per heavy atom. The smallest absolute Gasteiger partial charge is 0.159 e. The van der Waals surface area contributed by atoms with Gasteiger partial charge in [-0.3, -0.25) is 0 Å². The predicted molar refractivity (Wildman–Crippen MR) is 70.9 cm³/mol. The SMILES string of the molecule is CCCCNc1cnc(-c2ccccc2)nc1. The molecule has 1 aromatic heterocycles. The minimum atomic E-state index is 0.770. The Labute approximate surface area is 102 Å². The van der Waals surface area contributed by atoms with E-state index in [0.717, 1.165) is 23.6 Å². The first-order valence-electron chi connectivity index (χ1n) is 6.01. The van der Waals surface area contributed by atoms with Crippen LogP contribution in [0.15, 0.2) is 42.7 Å². The molecule has 0 amide bonds. The van der Waals surface area contributed by atoms with Crippen molar-refractivity contribution in [1.82, 2.24) is 9.97 Å². The number of unbranched alkanes of at least 4 members (excludes halogenated alkanes) is 1. The summed E-state index contributed by atoms with van der Waals surface area (Å²) in [5.74, 6) is 0.770. The Bertz CT molecular complexity index is 437. The molecule has 17 heavy (non-hydrogen) atoms. The predicted octanol–water partition coefficient (Wildman–Crippen LogP) is 3.36. The van der Waals surface area contributed by atoms with E-state index in [2.05, 4.69) is 22.2 Å². The second-order valence-electron chi connectivity index (χ2n) is 3.94. The maximum atomic E-state index is 4.35. The Morgan fingerprint density at radius 2 is 1.76 bits per heavy atom. The lowest BCUT2D eigenvalue weighted by atomic mass is 10.2. The number of rotatable bonds is 5. The van der Waals surface area contributed by atoms with E-state index in [1.807, 2.05) is 42.7 Å². The normalized spacial score (nSPS) is 10.2. The molecule has 0 bridgehead atoms. The van der Waals surface area contributed by atoms with Gasteiger partial charge in [-0.2, -0.15) is 0 Å². The van der Waals surface area contributed by atoms with Gasteiger partial charge in [0.1, 0.15) is 0 Å². The average Bonchev–Trinajstić information content (AvgIpc) is 2.41. The summed E-state index contributed by atoms with van der Waals surface area (Å²) in [5, 5.41) is 3.30. The highest BCUT2D eigenvalue weighted by molar-refractivity contribution is 5.55. The summed E-state index contributed by atoms with van der Waals surface area (Å²) in [7, 11) is 0. The van der Waals surface area contributed by atoms with E-state index in [9.17, 15) is 0 Å². The molecule has 0 saturated heterocycles. The van der Waals surface area contributed by atoms with Crippen LogP contribution in [0.4, 0.5) is 5.69 Å². The Hall–Kier alpha value is -1.90. The van der Waals surface area contributed by atoms with Gasteiger partial charge in [0.05, 0.1) is 18.1 Å². The molecule has 0 radical (unpaired) electrons. The molecule has 0 atom stereocenters. The van der Waals surface area contributed by atoms with Crippen molar-refractivity contribution in [2.45, 2.75) is 19.8 Å². The Kier molecular flexibility index (Phi) is 4.08. The van der Waals surface area contributed by atoms with Crippen LogP contribution in [-0.4, -0.2) is 16.5 Å². The van der Waals surface area contributed by atoms with Gasteiger partial charge >= 0.3 is 0 Å². The minimum absolute atomic E-state index is 0.770. The van der Waals surface area contributed by atoms with Crippen molar-refractivity contribution in [2.75, 3.05) is 11.9 Å². The first-order valence-corrected chi connectivity index (χ1v) is 6.01. The average molecular weight is 227 g/mol. The third-order valence-corrected chi connectivity index (χ3v) is 2.54. The molecular weight excluding hydrogens is 210 g/mol. The summed E-state index contributed by atoms with van der Waals surface area (Å²) in [4.78, 5) is 8.71. The molecule has 1 aromatic carbocycles. The van der Waals surface area contributed by atoms with Crippen LogP contribution in [0, 0.1) is 0 Å². The van der Waals surface area contributed by atoms with E-state index in [1.165, 1.54) is 12.8 Å². The van der Waals surface area contributed by atoms with Crippen LogP contribution in [0.5, 0.6) is 0 Å². The van der Waals surface area contributed by atoms with Crippen LogP contribution in [0.3, 0.4) is 0 Å². The third kappa shape index (κ3) is 3.28. The fourth-order valence-corrected chi connectivity index (χ4v) is 1.57. The highest BCUT2D eigenvalue weighted by Gasteiger charge is 1.99. The van der Waals surface area contributed by atoms with Gasteiger partial charge in [-0.15, -0.1) is 0 Å². The summed E-state index contributed by atoms with van der Waals surface area (Å²) in [6.07, 6.45) is 6.03. The van der Waals surface area contributed by atoms with Gasteiger partial charge in [-0.05, 0) is 6.42 Å². The lowest BCUT2D eigenvalue weighted by molar-refractivity contribution is 0.833. The van der Waals surface area contributed by atoms with Crippen molar-refractivity contribution in [3.63, 3.8) is 0 Å². The molecule has 0 aliphatic carbocycles. The van der Waals surface area contributed by atoms with Crippen LogP contribution in [0.1, 0.15) is 19.8 Å². The monoisotopic (exact) mass is 227 g/mol. The van der Waals surface area contributed by atoms with Gasteiger partial charge in [0.2, 0.25) is 0 Å². The van der Waals surface area contributed by atoms with Crippen molar-refractivity contribution >= 4 is 5.69 Å². The second kappa shape index (κ2) is 5.99. The standard InChI is InChI=1S/C14H17N3/c1-2-3-9-15-13-10-16-14(17-11-13)12-7-5-4-6-8-12/h4-8,10-11,15H,2-3,9H2,1H3. The van der Waals surface area contributed by atoms with Crippen molar-refractivity contribution in [1.29, 1.82) is 0 Å². The lowest BCUT2D eigenvalue weighted by Gasteiger charge is -2.05. The molecule has 0 aliphatic heterocycles. The van der Waals surface area contributed by atoms with Gasteiger partial charge in [-0.25, -0.2) is 9.97 Å². The van der Waals surface area contributed by atoms with Gasteiger partial charge in [0.15, 0.2) is 5.82 Å². The molecule has 2 rings (SSSR count). The van der Waals surface area contributed by atoms with Crippen molar-refractivity contribution in [3.05, 3.63) is 42.7 Å². The van der Waals surface area contributed by atoms with E-state index in [-0.39, 0.29) is 0 Å². The number of nitrogens with one attached hydrogen (secondary N) is 1. The van der Waals surface area contributed by atoms with Gasteiger partial charge in [-0.1, -0.05) is 43.7 Å². The quantitative estimate of drug-likeness (QED) is 0.796. The van der Waals surface area contributed by atoms with E-state index in [0.29, 0.717) is 0 Å². The molecule has 0 unspecified atom stereocenters. The maximum absolute atomic E-state index is 4.35. The van der Waals surface area contributed by atoms with Crippen LogP contribution < -0.4 is 5.32 Å². The van der Waals surface area contributed by atoms with E-state index >= 15 is 0 Å². The minimum Gasteiger partial charge on any atom is -0.383 e. The van der Waals surface area contributed by atoms with Gasteiger partial charge in [0, 0.05) is 12.1 Å². The third-order valence-electron chi connectivity index (χ3n) is 2.54. The molecule has 2 aromatic rings. The molecule has 1 N–H and O–H groups in total. The van der Waals surface area contributed by atoms with E-state index < -0.39 is 0 Å². The largest absolute Gasteiger partial charge is 0.383 e. The van der Waals surface area contributed by atoms with Gasteiger partial charge < -0.3 is 5.32 Å². The fourth-order valence-electron chi connectivity index (χ4n) is 1.57. The molecule has 0 saturated carbocycles. The topological polar surface area (TPSA) is 37.8 Å². The molecule has 0 aliphatic rings. The number of hydrogen-bond acceptors (Lipinski definition) is 3. The zero-order chi connectivity index (χ0) is 11.9. The number of hydrogen-bond donors (Lipinski definition) is 1. The molecule has 0 spiro atoms. The van der Waals surface area contributed by atoms with Crippen LogP contribution >= 0.6 is 0 Å². The zero-order valence-corrected chi connectivity index (χ0v) is 10.1. The van der Waals surface area contributed by atoms with E-state index in [4.69, 9.17) is 0 Å². The molecule has 3 heteroatoms. The Balaban J connectivity index is 2.03. The summed E-state index contributed by atoms with van der Waals surface area (Å²) >= 11 is 0. The zero-order valence-electron chi connectivity index (χ0n) is 10.1. The maximum Gasteiger partial charge on any atom is 0.159 e. The van der Waals surface area contributed by atoms with Crippen LogP contribution in [-0.2, 0) is 0 Å². The van der Waals surface area contributed by atoms with Crippen LogP contribution in [0.25, 0.3) is 11.4 Å². The van der Waals surface area contributed by atoms with Gasteiger partial charge in [0.25, 0.3) is 0 Å². The second-order valence-corrected chi connectivity index (χ2v) is 3.94. The first-order chi connectivity index (χ1) is 8.40. The molecule has 88 valence electrons. The number of anilines is 1.